The topological polar surface area (TPSA) is 0 Å². The van der Waals surface area contributed by atoms with Crippen molar-refractivity contribution in [3.8, 4) is 0 Å². The number of hydrogen-bond donors (Lipinski definition) is 0. The fourth-order valence-electron chi connectivity index (χ4n) is 1.19. The van der Waals surface area contributed by atoms with Crippen LogP contribution in [0.1, 0.15) is 5.56 Å². The molecule has 0 nitrogen and oxygen atoms in total. The van der Waals surface area contributed by atoms with E-state index in [1.807, 2.05) is 0 Å². The maximum absolute atomic E-state index is 13.0. The molecule has 20 heavy (non-hydrogen) atoms. The quantitative estimate of drug-likeness (QED) is 0.427. The third kappa shape index (κ3) is 2.18. The first-order chi connectivity index (χ1) is 8.75. The van der Waals surface area contributed by atoms with Gasteiger partial charge in [-0.2, -0.15) is 30.7 Å². The first-order valence-corrected chi connectivity index (χ1v) is 4.41. The van der Waals surface area contributed by atoms with Crippen molar-refractivity contribution in [3.63, 3.8) is 0 Å². The van der Waals surface area contributed by atoms with Gasteiger partial charge < -0.3 is 0 Å². The van der Waals surface area contributed by atoms with Crippen LogP contribution in [0.4, 0.5) is 48.3 Å². The molecular formula is C9HF11. The van der Waals surface area contributed by atoms with Gasteiger partial charge in [0.2, 0.25) is 0 Å². The molecule has 0 atom stereocenters. The first kappa shape index (κ1) is 16.5. The molecule has 0 saturated carbocycles. The Labute approximate surface area is 102 Å². The van der Waals surface area contributed by atoms with E-state index in [1.165, 1.54) is 0 Å². The normalized spacial score (nSPS) is 13.8. The number of benzene rings is 1. The Morgan fingerprint density at radius 2 is 1.10 bits per heavy atom. The van der Waals surface area contributed by atoms with Crippen LogP contribution < -0.4 is 0 Å². The summed E-state index contributed by atoms with van der Waals surface area (Å²) in [5, 5.41) is 0. The second kappa shape index (κ2) is 4.48. The highest BCUT2D eigenvalue weighted by molar-refractivity contribution is 5.29. The Balaban J connectivity index is 3.64. The summed E-state index contributed by atoms with van der Waals surface area (Å²) in [6.07, 6.45) is -6.87. The van der Waals surface area contributed by atoms with Crippen LogP contribution >= 0.6 is 0 Å². The fraction of sp³-hybridized carbons (Fsp3) is 0.333. The molecule has 0 fully saturated rings. The molecule has 11 heteroatoms. The Kier molecular flexibility index (Phi) is 3.70. The molecule has 0 aromatic heterocycles. The van der Waals surface area contributed by atoms with E-state index in [2.05, 4.69) is 0 Å². The van der Waals surface area contributed by atoms with Crippen molar-refractivity contribution >= 4 is 0 Å². The lowest BCUT2D eigenvalue weighted by Crippen LogP contribution is -2.50. The molecule has 0 heterocycles. The number of alkyl halides is 7. The van der Waals surface area contributed by atoms with Gasteiger partial charge in [0.15, 0.2) is 17.5 Å². The third-order valence-electron chi connectivity index (χ3n) is 2.18. The van der Waals surface area contributed by atoms with E-state index >= 15 is 0 Å². The van der Waals surface area contributed by atoms with Crippen LogP contribution in [0.5, 0.6) is 0 Å². The molecule has 0 radical (unpaired) electrons. The molecule has 114 valence electrons. The Morgan fingerprint density at radius 3 is 1.50 bits per heavy atom. The minimum absolute atomic E-state index is 0.770. The molecule has 1 aromatic carbocycles. The molecule has 1 rings (SSSR count). The molecule has 0 aliphatic heterocycles. The zero-order valence-corrected chi connectivity index (χ0v) is 8.73. The van der Waals surface area contributed by atoms with Crippen molar-refractivity contribution in [2.45, 2.75) is 18.0 Å². The minimum Gasteiger partial charge on any atom is -0.206 e. The number of hydrogen-bond acceptors (Lipinski definition) is 0. The van der Waals surface area contributed by atoms with Crippen molar-refractivity contribution in [3.05, 3.63) is 34.9 Å². The molecule has 0 unspecified atom stereocenters. The highest BCUT2D eigenvalue weighted by Gasteiger charge is 2.75. The summed E-state index contributed by atoms with van der Waals surface area (Å²) in [6.45, 7) is 0. The summed E-state index contributed by atoms with van der Waals surface area (Å²) in [5.41, 5.74) is -3.21. The molecule has 0 saturated heterocycles. The van der Waals surface area contributed by atoms with Crippen molar-refractivity contribution in [2.24, 2.45) is 0 Å². The predicted molar refractivity (Wildman–Crippen MR) is 41.2 cm³/mol. The Morgan fingerprint density at radius 1 is 0.650 bits per heavy atom. The lowest BCUT2D eigenvalue weighted by molar-refractivity contribution is -0.360. The van der Waals surface area contributed by atoms with Crippen LogP contribution in [0.3, 0.4) is 0 Å². The molecule has 0 bridgehead atoms. The van der Waals surface area contributed by atoms with Crippen LogP contribution in [0, 0.1) is 23.3 Å². The fourth-order valence-corrected chi connectivity index (χ4v) is 1.19. The number of halogens is 11. The smallest absolute Gasteiger partial charge is 0.206 e. The highest BCUT2D eigenvalue weighted by Crippen LogP contribution is 2.53. The van der Waals surface area contributed by atoms with Crippen LogP contribution in [-0.2, 0) is 5.92 Å². The average Bonchev–Trinajstić information content (AvgIpc) is 2.23. The van der Waals surface area contributed by atoms with E-state index in [9.17, 15) is 48.3 Å². The van der Waals surface area contributed by atoms with Crippen molar-refractivity contribution in [1.82, 2.24) is 0 Å². The van der Waals surface area contributed by atoms with Crippen molar-refractivity contribution in [2.75, 3.05) is 0 Å². The standard InChI is InChI=1S/C9HF11/c10-2-1-3(11)5(12)6(13)4(2)7(14,15)8(16,17)9(18,19)20/h1H. The first-order valence-electron chi connectivity index (χ1n) is 4.41. The van der Waals surface area contributed by atoms with Gasteiger partial charge in [0.25, 0.3) is 0 Å². The zero-order valence-electron chi connectivity index (χ0n) is 8.73. The second-order valence-electron chi connectivity index (χ2n) is 3.49. The van der Waals surface area contributed by atoms with Crippen LogP contribution in [0.25, 0.3) is 0 Å². The maximum atomic E-state index is 13.0. The van der Waals surface area contributed by atoms with E-state index in [0.29, 0.717) is 0 Å². The van der Waals surface area contributed by atoms with E-state index in [0.717, 1.165) is 0 Å². The molecule has 1 aromatic rings. The SMILES string of the molecule is Fc1cc(F)c(C(F)(F)C(F)(F)C(F)(F)F)c(F)c1F. The summed E-state index contributed by atoms with van der Waals surface area (Å²) in [4.78, 5) is 0. The summed E-state index contributed by atoms with van der Waals surface area (Å²) < 4.78 is 137. The molecule has 0 aliphatic rings. The summed E-state index contributed by atoms with van der Waals surface area (Å²) in [7, 11) is 0. The van der Waals surface area contributed by atoms with Crippen molar-refractivity contribution < 1.29 is 48.3 Å². The molecule has 0 aliphatic carbocycles. The van der Waals surface area contributed by atoms with E-state index in [1.54, 1.807) is 0 Å². The zero-order chi connectivity index (χ0) is 16.1. The summed E-state index contributed by atoms with van der Waals surface area (Å²) >= 11 is 0. The average molecular weight is 318 g/mol. The molecule has 0 spiro atoms. The summed E-state index contributed by atoms with van der Waals surface area (Å²) in [6, 6.07) is -0.770. The van der Waals surface area contributed by atoms with Crippen LogP contribution in [-0.4, -0.2) is 12.1 Å². The van der Waals surface area contributed by atoms with Gasteiger partial charge in [0.05, 0.1) is 0 Å². The molecule has 0 N–H and O–H groups in total. The van der Waals surface area contributed by atoms with E-state index < -0.39 is 52.9 Å². The predicted octanol–water partition coefficient (Wildman–Crippen LogP) is 4.53. The van der Waals surface area contributed by atoms with E-state index in [4.69, 9.17) is 0 Å². The number of rotatable bonds is 2. The molecule has 0 amide bonds. The van der Waals surface area contributed by atoms with Crippen LogP contribution in [0.2, 0.25) is 0 Å². The largest absolute Gasteiger partial charge is 0.460 e. The van der Waals surface area contributed by atoms with E-state index in [-0.39, 0.29) is 0 Å². The van der Waals surface area contributed by atoms with Gasteiger partial charge in [0, 0.05) is 6.07 Å². The van der Waals surface area contributed by atoms with Gasteiger partial charge in [-0.1, -0.05) is 0 Å². The minimum atomic E-state index is -6.90. The van der Waals surface area contributed by atoms with Gasteiger partial charge in [0.1, 0.15) is 11.4 Å². The lowest BCUT2D eigenvalue weighted by atomic mass is 10.00. The monoisotopic (exact) mass is 318 g/mol. The van der Waals surface area contributed by atoms with Gasteiger partial charge in [-0.3, -0.25) is 0 Å². The Bertz CT molecular complexity index is 528. The second-order valence-corrected chi connectivity index (χ2v) is 3.49. The Hall–Kier alpha value is -1.55. The van der Waals surface area contributed by atoms with Gasteiger partial charge in [-0.05, 0) is 0 Å². The highest BCUT2D eigenvalue weighted by atomic mass is 19.4. The van der Waals surface area contributed by atoms with Gasteiger partial charge in [-0.25, -0.2) is 17.6 Å². The third-order valence-corrected chi connectivity index (χ3v) is 2.18. The molecular weight excluding hydrogens is 317 g/mol. The van der Waals surface area contributed by atoms with Crippen LogP contribution in [0.15, 0.2) is 6.07 Å². The van der Waals surface area contributed by atoms with Crippen molar-refractivity contribution in [1.29, 1.82) is 0 Å². The maximum Gasteiger partial charge on any atom is 0.460 e. The summed E-state index contributed by atoms with van der Waals surface area (Å²) in [5.74, 6) is -24.5. The van der Waals surface area contributed by atoms with Gasteiger partial charge in [-0.15, -0.1) is 0 Å². The van der Waals surface area contributed by atoms with Gasteiger partial charge >= 0.3 is 18.0 Å². The lowest BCUT2D eigenvalue weighted by Gasteiger charge is -2.28.